The standard InChI is InChI=1S/C8H10ClN3S/c1-4-3-10-6-5(4)7(13-2)12-8(9)11-6/h4H,3H2,1-2H3,(H,10,11,12). The number of hydrogen-bond acceptors (Lipinski definition) is 4. The van der Waals surface area contributed by atoms with Crippen molar-refractivity contribution < 1.29 is 0 Å². The number of halogens is 1. The molecule has 0 aromatic carbocycles. The Hall–Kier alpha value is -0.480. The van der Waals surface area contributed by atoms with Crippen LogP contribution in [0.3, 0.4) is 0 Å². The minimum absolute atomic E-state index is 0.324. The first-order chi connectivity index (χ1) is 6.22. The largest absolute Gasteiger partial charge is 0.369 e. The predicted molar refractivity (Wildman–Crippen MR) is 55.7 cm³/mol. The number of fused-ring (bicyclic) bond motifs is 1. The molecule has 2 rings (SSSR count). The number of anilines is 1. The SMILES string of the molecule is CSc1nc(Cl)nc2c1C(C)CN2. The molecule has 1 atom stereocenters. The Labute approximate surface area is 86.3 Å². The average Bonchev–Trinajstić information content (AvgIpc) is 2.46. The van der Waals surface area contributed by atoms with Gasteiger partial charge < -0.3 is 5.32 Å². The van der Waals surface area contributed by atoms with Crippen LogP contribution in [0.4, 0.5) is 5.82 Å². The molecule has 1 aliphatic rings. The van der Waals surface area contributed by atoms with Crippen molar-refractivity contribution in [1.29, 1.82) is 0 Å². The van der Waals surface area contributed by atoms with E-state index in [1.165, 1.54) is 5.56 Å². The van der Waals surface area contributed by atoms with E-state index in [2.05, 4.69) is 22.2 Å². The summed E-state index contributed by atoms with van der Waals surface area (Å²) in [6.07, 6.45) is 2.00. The lowest BCUT2D eigenvalue weighted by Gasteiger charge is -2.06. The summed E-state index contributed by atoms with van der Waals surface area (Å²) >= 11 is 7.40. The van der Waals surface area contributed by atoms with Crippen LogP contribution in [0, 0.1) is 0 Å². The van der Waals surface area contributed by atoms with Gasteiger partial charge in [-0.3, -0.25) is 0 Å². The highest BCUT2D eigenvalue weighted by Crippen LogP contribution is 2.36. The highest BCUT2D eigenvalue weighted by atomic mass is 35.5. The van der Waals surface area contributed by atoms with Crippen LogP contribution >= 0.6 is 23.4 Å². The van der Waals surface area contributed by atoms with Gasteiger partial charge in [0.15, 0.2) is 0 Å². The molecular formula is C8H10ClN3S. The summed E-state index contributed by atoms with van der Waals surface area (Å²) in [5.41, 5.74) is 1.21. The van der Waals surface area contributed by atoms with Crippen LogP contribution in [0.25, 0.3) is 0 Å². The molecular weight excluding hydrogens is 206 g/mol. The highest BCUT2D eigenvalue weighted by Gasteiger charge is 2.24. The number of nitrogens with zero attached hydrogens (tertiary/aromatic N) is 2. The smallest absolute Gasteiger partial charge is 0.225 e. The fourth-order valence-corrected chi connectivity index (χ4v) is 2.42. The third-order valence-corrected chi connectivity index (χ3v) is 3.01. The molecule has 5 heteroatoms. The van der Waals surface area contributed by atoms with E-state index in [1.807, 2.05) is 6.26 Å². The lowest BCUT2D eigenvalue weighted by Crippen LogP contribution is -1.96. The topological polar surface area (TPSA) is 37.8 Å². The number of aromatic nitrogens is 2. The van der Waals surface area contributed by atoms with Crippen molar-refractivity contribution in [2.45, 2.75) is 17.9 Å². The summed E-state index contributed by atoms with van der Waals surface area (Å²) in [6, 6.07) is 0. The Morgan fingerprint density at radius 1 is 1.54 bits per heavy atom. The molecule has 1 N–H and O–H groups in total. The van der Waals surface area contributed by atoms with Crippen LogP contribution in [0.5, 0.6) is 0 Å². The van der Waals surface area contributed by atoms with Gasteiger partial charge in [0.05, 0.1) is 0 Å². The summed E-state index contributed by atoms with van der Waals surface area (Å²) in [4.78, 5) is 8.33. The van der Waals surface area contributed by atoms with Crippen LogP contribution in [0.1, 0.15) is 18.4 Å². The van der Waals surface area contributed by atoms with E-state index >= 15 is 0 Å². The summed E-state index contributed by atoms with van der Waals surface area (Å²) in [7, 11) is 0. The molecule has 1 aliphatic heterocycles. The van der Waals surface area contributed by atoms with Gasteiger partial charge in [-0.05, 0) is 17.9 Å². The van der Waals surface area contributed by atoms with E-state index in [1.54, 1.807) is 11.8 Å². The van der Waals surface area contributed by atoms with Crippen molar-refractivity contribution in [3.8, 4) is 0 Å². The third kappa shape index (κ3) is 1.48. The lowest BCUT2D eigenvalue weighted by molar-refractivity contribution is 0.818. The Kier molecular flexibility index (Phi) is 2.34. The molecule has 3 nitrogen and oxygen atoms in total. The van der Waals surface area contributed by atoms with E-state index in [0.717, 1.165) is 17.4 Å². The van der Waals surface area contributed by atoms with Crippen molar-refractivity contribution in [1.82, 2.24) is 9.97 Å². The van der Waals surface area contributed by atoms with Crippen LogP contribution in [-0.4, -0.2) is 22.8 Å². The number of nitrogens with one attached hydrogen (secondary N) is 1. The van der Waals surface area contributed by atoms with E-state index in [0.29, 0.717) is 11.2 Å². The van der Waals surface area contributed by atoms with Gasteiger partial charge in [-0.1, -0.05) is 6.92 Å². The second-order valence-electron chi connectivity index (χ2n) is 3.05. The fraction of sp³-hybridized carbons (Fsp3) is 0.500. The maximum atomic E-state index is 5.78. The van der Waals surface area contributed by atoms with Gasteiger partial charge in [0, 0.05) is 18.0 Å². The van der Waals surface area contributed by atoms with E-state index in [4.69, 9.17) is 11.6 Å². The first-order valence-corrected chi connectivity index (χ1v) is 5.68. The molecule has 1 unspecified atom stereocenters. The van der Waals surface area contributed by atoms with E-state index < -0.39 is 0 Å². The molecule has 0 amide bonds. The molecule has 0 radical (unpaired) electrons. The summed E-state index contributed by atoms with van der Waals surface area (Å²) in [5, 5.41) is 4.53. The zero-order valence-electron chi connectivity index (χ0n) is 7.47. The van der Waals surface area contributed by atoms with Crippen LogP contribution in [-0.2, 0) is 0 Å². The number of rotatable bonds is 1. The number of hydrogen-bond donors (Lipinski definition) is 1. The third-order valence-electron chi connectivity index (χ3n) is 2.15. The molecule has 0 bridgehead atoms. The van der Waals surface area contributed by atoms with E-state index in [-0.39, 0.29) is 0 Å². The second kappa shape index (κ2) is 3.35. The van der Waals surface area contributed by atoms with Gasteiger partial charge in [-0.25, -0.2) is 9.97 Å². The Morgan fingerprint density at radius 3 is 3.00 bits per heavy atom. The normalized spacial score (nSPS) is 19.8. The predicted octanol–water partition coefficient (Wildman–Crippen LogP) is 2.38. The zero-order chi connectivity index (χ0) is 9.42. The summed E-state index contributed by atoms with van der Waals surface area (Å²) in [6.45, 7) is 3.09. The summed E-state index contributed by atoms with van der Waals surface area (Å²) in [5.74, 6) is 1.38. The second-order valence-corrected chi connectivity index (χ2v) is 4.18. The maximum Gasteiger partial charge on any atom is 0.225 e. The zero-order valence-corrected chi connectivity index (χ0v) is 9.04. The molecule has 70 valence electrons. The van der Waals surface area contributed by atoms with Crippen molar-refractivity contribution >= 4 is 29.2 Å². The van der Waals surface area contributed by atoms with Gasteiger partial charge in [0.2, 0.25) is 5.28 Å². The minimum atomic E-state index is 0.324. The van der Waals surface area contributed by atoms with E-state index in [9.17, 15) is 0 Å². The van der Waals surface area contributed by atoms with Gasteiger partial charge in [0.1, 0.15) is 10.8 Å². The molecule has 1 aromatic heterocycles. The molecule has 2 heterocycles. The monoisotopic (exact) mass is 215 g/mol. The molecule has 1 aromatic rings. The summed E-state index contributed by atoms with van der Waals surface area (Å²) < 4.78 is 0. The van der Waals surface area contributed by atoms with Gasteiger partial charge >= 0.3 is 0 Å². The van der Waals surface area contributed by atoms with Gasteiger partial charge in [-0.2, -0.15) is 0 Å². The Bertz CT molecular complexity index is 342. The molecule has 13 heavy (non-hydrogen) atoms. The average molecular weight is 216 g/mol. The molecule has 0 fully saturated rings. The fourth-order valence-electron chi connectivity index (χ4n) is 1.51. The quantitative estimate of drug-likeness (QED) is 0.444. The first kappa shape index (κ1) is 9.09. The molecule has 0 spiro atoms. The molecule has 0 saturated carbocycles. The van der Waals surface area contributed by atoms with Gasteiger partial charge in [0.25, 0.3) is 0 Å². The number of thioether (sulfide) groups is 1. The maximum absolute atomic E-state index is 5.78. The van der Waals surface area contributed by atoms with Crippen molar-refractivity contribution in [3.63, 3.8) is 0 Å². The Balaban J connectivity index is 2.57. The highest BCUT2D eigenvalue weighted by molar-refractivity contribution is 7.98. The molecule has 0 aliphatic carbocycles. The van der Waals surface area contributed by atoms with Crippen LogP contribution in [0.15, 0.2) is 5.03 Å². The van der Waals surface area contributed by atoms with Crippen molar-refractivity contribution in [2.24, 2.45) is 0 Å². The van der Waals surface area contributed by atoms with Crippen LogP contribution in [0.2, 0.25) is 5.28 Å². The first-order valence-electron chi connectivity index (χ1n) is 4.07. The Morgan fingerprint density at radius 2 is 2.31 bits per heavy atom. The lowest BCUT2D eigenvalue weighted by atomic mass is 10.1. The van der Waals surface area contributed by atoms with Crippen LogP contribution < -0.4 is 5.32 Å². The van der Waals surface area contributed by atoms with Crippen molar-refractivity contribution in [3.05, 3.63) is 10.8 Å². The van der Waals surface area contributed by atoms with Crippen molar-refractivity contribution in [2.75, 3.05) is 18.1 Å². The minimum Gasteiger partial charge on any atom is -0.369 e. The molecule has 0 saturated heterocycles. The van der Waals surface area contributed by atoms with Gasteiger partial charge in [-0.15, -0.1) is 11.8 Å².